The summed E-state index contributed by atoms with van der Waals surface area (Å²) in [6.45, 7) is 8.32. The highest BCUT2D eigenvalue weighted by Gasteiger charge is 2.18. The zero-order chi connectivity index (χ0) is 18.7. The molecule has 0 aromatic carbocycles. The molecule has 26 heavy (non-hydrogen) atoms. The van der Waals surface area contributed by atoms with Gasteiger partial charge in [0.05, 0.1) is 10.6 Å². The van der Waals surface area contributed by atoms with E-state index in [4.69, 9.17) is 0 Å². The number of carbonyl (C=O) groups is 1. The summed E-state index contributed by atoms with van der Waals surface area (Å²) >= 11 is 1.52. The smallest absolute Gasteiger partial charge is 0.266 e. The van der Waals surface area contributed by atoms with E-state index in [-0.39, 0.29) is 11.8 Å². The van der Waals surface area contributed by atoms with Crippen molar-refractivity contribution in [2.45, 2.75) is 46.5 Å². The maximum absolute atomic E-state index is 12.8. The van der Waals surface area contributed by atoms with Crippen molar-refractivity contribution in [1.29, 1.82) is 0 Å². The zero-order valence-electron chi connectivity index (χ0n) is 15.5. The lowest BCUT2D eigenvalue weighted by Crippen LogP contribution is -2.15. The van der Waals surface area contributed by atoms with Crippen LogP contribution in [-0.2, 0) is 6.42 Å². The number of hydrogen-bond donors (Lipinski definition) is 1. The van der Waals surface area contributed by atoms with E-state index in [0.717, 1.165) is 18.5 Å². The monoisotopic (exact) mass is 369 g/mol. The van der Waals surface area contributed by atoms with Gasteiger partial charge in [-0.1, -0.05) is 27.2 Å². The summed E-state index contributed by atoms with van der Waals surface area (Å²) in [6, 6.07) is 5.62. The second kappa shape index (κ2) is 7.78. The second-order valence-corrected chi connectivity index (χ2v) is 7.72. The highest BCUT2D eigenvalue weighted by Crippen LogP contribution is 2.25. The predicted octanol–water partition coefficient (Wildman–Crippen LogP) is 4.36. The van der Waals surface area contributed by atoms with Gasteiger partial charge in [0, 0.05) is 23.3 Å². The van der Waals surface area contributed by atoms with Crippen molar-refractivity contribution in [3.63, 3.8) is 0 Å². The van der Waals surface area contributed by atoms with Crippen molar-refractivity contribution in [2.24, 2.45) is 0 Å². The lowest BCUT2D eigenvalue weighted by atomic mass is 10.1. The number of aryl methyl sites for hydroxylation is 2. The molecule has 0 aliphatic carbocycles. The predicted molar refractivity (Wildman–Crippen MR) is 104 cm³/mol. The summed E-state index contributed by atoms with van der Waals surface area (Å²) in [6.07, 6.45) is 5.37. The molecule has 3 aromatic rings. The van der Waals surface area contributed by atoms with E-state index in [9.17, 15) is 4.79 Å². The molecule has 0 spiro atoms. The SMILES string of the molecule is CCCc1cc(C(=O)Nc2cc(C(C)C)nn2-c2ncccn2)sc1C. The first kappa shape index (κ1) is 18.3. The molecular formula is C19H23N5OS. The maximum atomic E-state index is 12.8. The number of thiophene rings is 1. The van der Waals surface area contributed by atoms with Gasteiger partial charge in [-0.25, -0.2) is 9.97 Å². The van der Waals surface area contributed by atoms with Gasteiger partial charge in [0.25, 0.3) is 11.9 Å². The van der Waals surface area contributed by atoms with Crippen molar-refractivity contribution < 1.29 is 4.79 Å². The molecule has 6 nitrogen and oxygen atoms in total. The molecule has 0 unspecified atom stereocenters. The summed E-state index contributed by atoms with van der Waals surface area (Å²) in [4.78, 5) is 23.2. The molecular weight excluding hydrogens is 346 g/mol. The van der Waals surface area contributed by atoms with Crippen LogP contribution in [0.1, 0.15) is 58.9 Å². The van der Waals surface area contributed by atoms with Crippen LogP contribution in [0.25, 0.3) is 5.95 Å². The van der Waals surface area contributed by atoms with E-state index in [1.807, 2.05) is 12.1 Å². The molecule has 136 valence electrons. The van der Waals surface area contributed by atoms with Crippen LogP contribution in [0.5, 0.6) is 0 Å². The lowest BCUT2D eigenvalue weighted by Gasteiger charge is -2.06. The van der Waals surface area contributed by atoms with Crippen molar-refractivity contribution in [3.05, 3.63) is 51.6 Å². The highest BCUT2D eigenvalue weighted by molar-refractivity contribution is 7.14. The molecule has 3 aromatic heterocycles. The number of anilines is 1. The molecule has 0 saturated heterocycles. The molecule has 0 saturated carbocycles. The molecule has 0 aliphatic rings. The van der Waals surface area contributed by atoms with Gasteiger partial charge in [-0.3, -0.25) is 4.79 Å². The standard InChI is InChI=1S/C19H23N5OS/c1-5-7-14-10-16(26-13(14)4)18(25)22-17-11-15(12(2)3)23-24(17)19-20-8-6-9-21-19/h6,8-12H,5,7H2,1-4H3,(H,22,25). The van der Waals surface area contributed by atoms with E-state index >= 15 is 0 Å². The normalized spacial score (nSPS) is 11.1. The molecule has 0 aliphatic heterocycles. The number of carbonyl (C=O) groups excluding carboxylic acids is 1. The molecule has 0 bridgehead atoms. The van der Waals surface area contributed by atoms with Crippen LogP contribution in [0, 0.1) is 6.92 Å². The Kier molecular flexibility index (Phi) is 5.46. The number of rotatable bonds is 6. The first-order chi connectivity index (χ1) is 12.5. The average molecular weight is 369 g/mol. The summed E-state index contributed by atoms with van der Waals surface area (Å²) in [5, 5.41) is 7.53. The van der Waals surface area contributed by atoms with E-state index in [0.29, 0.717) is 16.6 Å². The Morgan fingerprint density at radius 2 is 2.00 bits per heavy atom. The number of nitrogens with one attached hydrogen (secondary N) is 1. The number of amides is 1. The van der Waals surface area contributed by atoms with Gasteiger partial charge in [-0.15, -0.1) is 11.3 Å². The fourth-order valence-corrected chi connectivity index (χ4v) is 3.62. The number of aromatic nitrogens is 4. The fraction of sp³-hybridized carbons (Fsp3) is 0.368. The van der Waals surface area contributed by atoms with Gasteiger partial charge in [-0.05, 0) is 37.0 Å². The summed E-state index contributed by atoms with van der Waals surface area (Å²) in [5.41, 5.74) is 2.12. The zero-order valence-corrected chi connectivity index (χ0v) is 16.3. The van der Waals surface area contributed by atoms with Crippen LogP contribution in [0.15, 0.2) is 30.6 Å². The Bertz CT molecular complexity index is 898. The van der Waals surface area contributed by atoms with Crippen molar-refractivity contribution >= 4 is 23.1 Å². The van der Waals surface area contributed by atoms with Gasteiger partial charge in [0.2, 0.25) is 0 Å². The maximum Gasteiger partial charge on any atom is 0.266 e. The summed E-state index contributed by atoms with van der Waals surface area (Å²) in [5.74, 6) is 1.11. The van der Waals surface area contributed by atoms with E-state index in [1.165, 1.54) is 21.8 Å². The molecule has 1 amide bonds. The Morgan fingerprint density at radius 3 is 2.65 bits per heavy atom. The second-order valence-electron chi connectivity index (χ2n) is 6.47. The number of hydrogen-bond acceptors (Lipinski definition) is 5. The van der Waals surface area contributed by atoms with Crippen molar-refractivity contribution in [2.75, 3.05) is 5.32 Å². The van der Waals surface area contributed by atoms with Gasteiger partial charge < -0.3 is 5.32 Å². The molecule has 7 heteroatoms. The topological polar surface area (TPSA) is 72.7 Å². The third-order valence-electron chi connectivity index (χ3n) is 4.07. The summed E-state index contributed by atoms with van der Waals surface area (Å²) < 4.78 is 1.58. The van der Waals surface area contributed by atoms with Crippen LogP contribution in [0.2, 0.25) is 0 Å². The average Bonchev–Trinajstić information content (AvgIpc) is 3.20. The molecule has 0 radical (unpaired) electrons. The van der Waals surface area contributed by atoms with E-state index < -0.39 is 0 Å². The largest absolute Gasteiger partial charge is 0.306 e. The molecule has 1 N–H and O–H groups in total. The first-order valence-corrected chi connectivity index (χ1v) is 9.59. The Hall–Kier alpha value is -2.54. The van der Waals surface area contributed by atoms with Gasteiger partial charge >= 0.3 is 0 Å². The van der Waals surface area contributed by atoms with Gasteiger partial charge in [0.15, 0.2) is 0 Å². The van der Waals surface area contributed by atoms with Gasteiger partial charge in [-0.2, -0.15) is 9.78 Å². The molecule has 3 rings (SSSR count). The third-order valence-corrected chi connectivity index (χ3v) is 5.16. The van der Waals surface area contributed by atoms with Crippen LogP contribution in [0.3, 0.4) is 0 Å². The van der Waals surface area contributed by atoms with E-state index in [2.05, 4.69) is 48.1 Å². The van der Waals surface area contributed by atoms with Crippen molar-refractivity contribution in [3.8, 4) is 5.95 Å². The first-order valence-electron chi connectivity index (χ1n) is 8.77. The summed E-state index contributed by atoms with van der Waals surface area (Å²) in [7, 11) is 0. The Morgan fingerprint density at radius 1 is 1.27 bits per heavy atom. The van der Waals surface area contributed by atoms with Crippen LogP contribution in [0.4, 0.5) is 5.82 Å². The van der Waals surface area contributed by atoms with Gasteiger partial charge in [0.1, 0.15) is 5.82 Å². The molecule has 0 fully saturated rings. The van der Waals surface area contributed by atoms with Crippen LogP contribution < -0.4 is 5.32 Å². The Balaban J connectivity index is 1.91. The molecule has 0 atom stereocenters. The van der Waals surface area contributed by atoms with Crippen LogP contribution >= 0.6 is 11.3 Å². The Labute approximate surface area is 157 Å². The highest BCUT2D eigenvalue weighted by atomic mass is 32.1. The number of nitrogens with zero attached hydrogens (tertiary/aromatic N) is 4. The van der Waals surface area contributed by atoms with Crippen molar-refractivity contribution in [1.82, 2.24) is 19.7 Å². The fourth-order valence-electron chi connectivity index (χ4n) is 2.65. The van der Waals surface area contributed by atoms with Crippen LogP contribution in [-0.4, -0.2) is 25.7 Å². The minimum absolute atomic E-state index is 0.132. The minimum atomic E-state index is -0.132. The quantitative estimate of drug-likeness (QED) is 0.701. The molecule has 3 heterocycles. The minimum Gasteiger partial charge on any atom is -0.306 e. The lowest BCUT2D eigenvalue weighted by molar-refractivity contribution is 0.102. The van der Waals surface area contributed by atoms with E-state index in [1.54, 1.807) is 23.1 Å². The third kappa shape index (κ3) is 3.83.